The molecular formula is C23H20O6. The van der Waals surface area contributed by atoms with Crippen LogP contribution in [0.25, 0.3) is 21.7 Å². The number of benzene rings is 2. The molecule has 0 aliphatic heterocycles. The van der Waals surface area contributed by atoms with Crippen molar-refractivity contribution in [3.8, 4) is 11.5 Å². The van der Waals surface area contributed by atoms with Crippen LogP contribution < -0.4 is 15.1 Å². The fourth-order valence-corrected chi connectivity index (χ4v) is 2.59. The molecule has 1 heterocycles. The summed E-state index contributed by atoms with van der Waals surface area (Å²) in [5.74, 6) is -0.540. The van der Waals surface area contributed by atoms with Gasteiger partial charge < -0.3 is 13.9 Å². The fourth-order valence-electron chi connectivity index (χ4n) is 2.59. The van der Waals surface area contributed by atoms with E-state index >= 15 is 0 Å². The molecule has 0 fully saturated rings. The number of rotatable bonds is 4. The van der Waals surface area contributed by atoms with Gasteiger partial charge in [0, 0.05) is 29.0 Å². The van der Waals surface area contributed by atoms with Crippen LogP contribution in [0.1, 0.15) is 13.8 Å². The van der Waals surface area contributed by atoms with Crippen molar-refractivity contribution in [2.24, 2.45) is 0 Å². The molecule has 0 radical (unpaired) electrons. The zero-order chi connectivity index (χ0) is 21.4. The van der Waals surface area contributed by atoms with Crippen molar-refractivity contribution in [1.29, 1.82) is 0 Å². The lowest BCUT2D eigenvalue weighted by Crippen LogP contribution is -2.06. The number of ether oxygens (including phenoxy) is 2. The first-order valence-corrected chi connectivity index (χ1v) is 8.71. The first kappa shape index (κ1) is 21.4. The monoisotopic (exact) mass is 392 g/mol. The standard InChI is InChI=1S/C21H16O6.C2H4/c1-3-5-19(22)25-13-7-9-15-16-10-8-14(26-20(23)6-4-2)12-18(16)27-21(24)17(15)11-13;1-2/h3-12H,1-2H3;1-2H2/b5-3+,6-4+;. The molecular weight excluding hydrogens is 372 g/mol. The van der Waals surface area contributed by atoms with Gasteiger partial charge in [-0.25, -0.2) is 14.4 Å². The van der Waals surface area contributed by atoms with Crippen LogP contribution in [-0.2, 0) is 9.59 Å². The van der Waals surface area contributed by atoms with E-state index in [9.17, 15) is 14.4 Å². The SMILES string of the molecule is C/C=C/C(=O)Oc1ccc2c(c1)oc(=O)c1cc(OC(=O)/C=C/C)ccc12.C=C. The smallest absolute Gasteiger partial charge is 0.344 e. The molecule has 0 spiro atoms. The lowest BCUT2D eigenvalue weighted by molar-refractivity contribution is -0.129. The minimum absolute atomic E-state index is 0.245. The molecule has 0 amide bonds. The maximum absolute atomic E-state index is 12.4. The van der Waals surface area contributed by atoms with E-state index in [0.29, 0.717) is 10.8 Å². The van der Waals surface area contributed by atoms with E-state index in [-0.39, 0.29) is 22.5 Å². The first-order chi connectivity index (χ1) is 14.0. The van der Waals surface area contributed by atoms with E-state index in [4.69, 9.17) is 13.9 Å². The van der Waals surface area contributed by atoms with Crippen LogP contribution >= 0.6 is 0 Å². The van der Waals surface area contributed by atoms with Crippen LogP contribution in [-0.4, -0.2) is 11.9 Å². The average Bonchev–Trinajstić information content (AvgIpc) is 2.70. The summed E-state index contributed by atoms with van der Waals surface area (Å²) in [5, 5.41) is 1.59. The van der Waals surface area contributed by atoms with E-state index < -0.39 is 17.6 Å². The van der Waals surface area contributed by atoms with Gasteiger partial charge in [0.15, 0.2) is 0 Å². The number of fused-ring (bicyclic) bond motifs is 3. The Morgan fingerprint density at radius 1 is 0.828 bits per heavy atom. The highest BCUT2D eigenvalue weighted by Gasteiger charge is 2.11. The van der Waals surface area contributed by atoms with E-state index in [0.717, 1.165) is 0 Å². The van der Waals surface area contributed by atoms with Crippen LogP contribution in [0.5, 0.6) is 11.5 Å². The molecule has 0 saturated heterocycles. The molecule has 0 N–H and O–H groups in total. The van der Waals surface area contributed by atoms with Gasteiger partial charge in [0.05, 0.1) is 5.39 Å². The topological polar surface area (TPSA) is 82.8 Å². The molecule has 0 unspecified atom stereocenters. The van der Waals surface area contributed by atoms with Gasteiger partial charge in [0.1, 0.15) is 17.1 Å². The van der Waals surface area contributed by atoms with Gasteiger partial charge >= 0.3 is 17.6 Å². The zero-order valence-corrected chi connectivity index (χ0v) is 16.1. The van der Waals surface area contributed by atoms with Crippen molar-refractivity contribution in [2.45, 2.75) is 13.8 Å². The van der Waals surface area contributed by atoms with Gasteiger partial charge in [-0.1, -0.05) is 12.2 Å². The second kappa shape index (κ2) is 9.85. The molecule has 0 aliphatic carbocycles. The molecule has 0 atom stereocenters. The third kappa shape index (κ3) is 5.07. The van der Waals surface area contributed by atoms with E-state index in [2.05, 4.69) is 13.2 Å². The molecule has 2 aromatic carbocycles. The number of esters is 2. The third-order valence-corrected chi connectivity index (χ3v) is 3.70. The number of hydrogen-bond acceptors (Lipinski definition) is 6. The van der Waals surface area contributed by atoms with Gasteiger partial charge in [-0.15, -0.1) is 13.2 Å². The lowest BCUT2D eigenvalue weighted by atomic mass is 10.1. The Balaban J connectivity index is 0.00000145. The van der Waals surface area contributed by atoms with Crippen molar-refractivity contribution in [1.82, 2.24) is 0 Å². The summed E-state index contributed by atoms with van der Waals surface area (Å²) in [6, 6.07) is 9.54. The highest BCUT2D eigenvalue weighted by molar-refractivity contribution is 6.05. The molecule has 1 aromatic heterocycles. The van der Waals surface area contributed by atoms with Crippen LogP contribution in [0, 0.1) is 0 Å². The quantitative estimate of drug-likeness (QED) is 0.160. The predicted molar refractivity (Wildman–Crippen MR) is 112 cm³/mol. The highest BCUT2D eigenvalue weighted by atomic mass is 16.5. The van der Waals surface area contributed by atoms with E-state index in [1.54, 1.807) is 50.3 Å². The van der Waals surface area contributed by atoms with Crippen molar-refractivity contribution in [3.05, 3.63) is 84.3 Å². The largest absolute Gasteiger partial charge is 0.423 e. The van der Waals surface area contributed by atoms with Crippen LogP contribution in [0.3, 0.4) is 0 Å². The molecule has 3 rings (SSSR count). The third-order valence-electron chi connectivity index (χ3n) is 3.70. The Hall–Kier alpha value is -3.93. The Morgan fingerprint density at radius 3 is 1.90 bits per heavy atom. The van der Waals surface area contributed by atoms with Gasteiger partial charge in [-0.3, -0.25) is 0 Å². The lowest BCUT2D eigenvalue weighted by Gasteiger charge is -2.07. The fraction of sp³-hybridized carbons (Fsp3) is 0.0870. The summed E-state index contributed by atoms with van der Waals surface area (Å²) >= 11 is 0. The summed E-state index contributed by atoms with van der Waals surface area (Å²) in [6.07, 6.45) is 5.70. The Labute approximate surface area is 167 Å². The second-order valence-corrected chi connectivity index (χ2v) is 5.60. The Kier molecular flexibility index (Phi) is 7.26. The van der Waals surface area contributed by atoms with Crippen LogP contribution in [0.4, 0.5) is 0 Å². The summed E-state index contributed by atoms with van der Waals surface area (Å²) in [5.41, 5.74) is -0.296. The number of allylic oxidation sites excluding steroid dienone is 2. The molecule has 6 nitrogen and oxygen atoms in total. The molecule has 3 aromatic rings. The van der Waals surface area contributed by atoms with Crippen LogP contribution in [0.2, 0.25) is 0 Å². The van der Waals surface area contributed by atoms with E-state index in [1.807, 2.05) is 0 Å². The first-order valence-electron chi connectivity index (χ1n) is 8.71. The highest BCUT2D eigenvalue weighted by Crippen LogP contribution is 2.28. The summed E-state index contributed by atoms with van der Waals surface area (Å²) < 4.78 is 15.6. The van der Waals surface area contributed by atoms with Crippen LogP contribution in [0.15, 0.2) is 83.1 Å². The number of hydrogen-bond donors (Lipinski definition) is 0. The minimum Gasteiger partial charge on any atom is -0.423 e. The van der Waals surface area contributed by atoms with Crippen molar-refractivity contribution in [2.75, 3.05) is 0 Å². The van der Waals surface area contributed by atoms with Crippen molar-refractivity contribution >= 4 is 33.7 Å². The minimum atomic E-state index is -0.585. The Morgan fingerprint density at radius 2 is 1.34 bits per heavy atom. The van der Waals surface area contributed by atoms with Gasteiger partial charge in [0.25, 0.3) is 0 Å². The molecule has 6 heteroatoms. The number of carbonyl (C=O) groups is 2. The molecule has 29 heavy (non-hydrogen) atoms. The number of carbonyl (C=O) groups excluding carboxylic acids is 2. The second-order valence-electron chi connectivity index (χ2n) is 5.60. The summed E-state index contributed by atoms with van der Waals surface area (Å²) in [4.78, 5) is 35.5. The predicted octanol–water partition coefficient (Wildman–Crippen LogP) is 4.71. The van der Waals surface area contributed by atoms with E-state index in [1.165, 1.54) is 24.3 Å². The van der Waals surface area contributed by atoms with Crippen molar-refractivity contribution < 1.29 is 23.5 Å². The van der Waals surface area contributed by atoms with Crippen molar-refractivity contribution in [3.63, 3.8) is 0 Å². The average molecular weight is 392 g/mol. The molecule has 0 saturated carbocycles. The maximum Gasteiger partial charge on any atom is 0.344 e. The maximum atomic E-state index is 12.4. The summed E-state index contributed by atoms with van der Waals surface area (Å²) in [7, 11) is 0. The van der Waals surface area contributed by atoms with Gasteiger partial charge in [0.2, 0.25) is 0 Å². The molecule has 148 valence electrons. The van der Waals surface area contributed by atoms with Gasteiger partial charge in [-0.2, -0.15) is 0 Å². The zero-order valence-electron chi connectivity index (χ0n) is 16.1. The molecule has 0 aliphatic rings. The normalized spacial score (nSPS) is 10.8. The summed E-state index contributed by atoms with van der Waals surface area (Å²) in [6.45, 7) is 9.41. The molecule has 0 bridgehead atoms. The van der Waals surface area contributed by atoms with Gasteiger partial charge in [-0.05, 0) is 44.2 Å². The Bertz CT molecular complexity index is 1170.